The van der Waals surface area contributed by atoms with Crippen LogP contribution in [0.4, 0.5) is 18.0 Å². The van der Waals surface area contributed by atoms with Crippen molar-refractivity contribution in [2.75, 3.05) is 20.2 Å². The highest BCUT2D eigenvalue weighted by atomic mass is 19.4. The number of methoxy groups -OCH3 is 1. The highest BCUT2D eigenvalue weighted by Crippen LogP contribution is 2.18. The van der Waals surface area contributed by atoms with Crippen molar-refractivity contribution in [2.24, 2.45) is 0 Å². The van der Waals surface area contributed by atoms with E-state index in [1.165, 1.54) is 0 Å². The number of amides is 2. The number of rotatable bonds is 8. The van der Waals surface area contributed by atoms with E-state index in [0.717, 1.165) is 13.2 Å². The summed E-state index contributed by atoms with van der Waals surface area (Å²) in [5.74, 6) is -3.20. The number of alkyl carbamates (subject to hydrolysis) is 1. The second-order valence-corrected chi connectivity index (χ2v) is 5.28. The molecule has 0 saturated carbocycles. The van der Waals surface area contributed by atoms with Crippen LogP contribution >= 0.6 is 0 Å². The molecule has 0 radical (unpaired) electrons. The number of ether oxygens (including phenoxy) is 2. The maximum atomic E-state index is 12.7. The minimum Gasteiger partial charge on any atom is -0.467 e. The number of hydrogen-bond donors (Lipinski definition) is 1. The molecule has 0 unspecified atom stereocenters. The smallest absolute Gasteiger partial charge is 0.467 e. The van der Waals surface area contributed by atoms with Gasteiger partial charge in [0.1, 0.15) is 12.6 Å². The molecule has 148 valence electrons. The van der Waals surface area contributed by atoms with Gasteiger partial charge in [0.2, 0.25) is 0 Å². The Morgan fingerprint density at radius 2 is 1.89 bits per heavy atom. The summed E-state index contributed by atoms with van der Waals surface area (Å²) in [6.45, 7) is 1.91. The molecule has 1 rings (SSSR count). The number of halogens is 3. The van der Waals surface area contributed by atoms with E-state index in [2.05, 4.69) is 16.6 Å². The van der Waals surface area contributed by atoms with Crippen molar-refractivity contribution < 1.29 is 37.0 Å². The normalized spacial score (nSPS) is 11.9. The Labute approximate surface area is 153 Å². The summed E-state index contributed by atoms with van der Waals surface area (Å²) in [4.78, 5) is 35.4. The van der Waals surface area contributed by atoms with Gasteiger partial charge in [0, 0.05) is 6.54 Å². The molecule has 0 spiro atoms. The van der Waals surface area contributed by atoms with Crippen LogP contribution in [0.25, 0.3) is 0 Å². The lowest BCUT2D eigenvalue weighted by atomic mass is 10.2. The first-order chi connectivity index (χ1) is 12.7. The van der Waals surface area contributed by atoms with E-state index in [4.69, 9.17) is 4.74 Å². The van der Waals surface area contributed by atoms with Crippen LogP contribution < -0.4 is 5.32 Å². The molecule has 7 nitrogen and oxygen atoms in total. The molecule has 0 aliphatic rings. The third-order valence-electron chi connectivity index (χ3n) is 3.27. The Hall–Kier alpha value is -3.04. The maximum Gasteiger partial charge on any atom is 0.471 e. The Kier molecular flexibility index (Phi) is 8.31. The van der Waals surface area contributed by atoms with Gasteiger partial charge >= 0.3 is 24.1 Å². The maximum absolute atomic E-state index is 12.7. The Bertz CT molecular complexity index is 664. The van der Waals surface area contributed by atoms with Gasteiger partial charge in [0.15, 0.2) is 0 Å². The molecular formula is C17H19F3N2O5. The second kappa shape index (κ2) is 10.2. The van der Waals surface area contributed by atoms with Gasteiger partial charge in [-0.1, -0.05) is 36.4 Å². The molecule has 10 heteroatoms. The largest absolute Gasteiger partial charge is 0.471 e. The summed E-state index contributed by atoms with van der Waals surface area (Å²) in [7, 11) is 0.996. The van der Waals surface area contributed by atoms with Crippen molar-refractivity contribution in [3.63, 3.8) is 0 Å². The first-order valence-corrected chi connectivity index (χ1v) is 7.71. The fourth-order valence-electron chi connectivity index (χ4n) is 2.02. The van der Waals surface area contributed by atoms with Crippen LogP contribution in [0, 0.1) is 0 Å². The fraction of sp³-hybridized carbons (Fsp3) is 0.353. The molecule has 0 aliphatic carbocycles. The van der Waals surface area contributed by atoms with Gasteiger partial charge in [-0.25, -0.2) is 9.59 Å². The fourth-order valence-corrected chi connectivity index (χ4v) is 2.02. The first-order valence-electron chi connectivity index (χ1n) is 7.71. The van der Waals surface area contributed by atoms with Crippen LogP contribution in [0.15, 0.2) is 43.0 Å². The molecule has 1 aromatic carbocycles. The van der Waals surface area contributed by atoms with E-state index in [0.29, 0.717) is 10.5 Å². The van der Waals surface area contributed by atoms with E-state index in [1.807, 2.05) is 0 Å². The number of benzene rings is 1. The standard InChI is InChI=1S/C17H19F3N2O5/c1-3-9-22(15(24)17(18,19)20)10-13(14(23)26-2)21-16(25)27-11-12-7-5-4-6-8-12/h3-8,13H,1,9-11H2,2H3,(H,21,25)/t13-/m0/s1. The summed E-state index contributed by atoms with van der Waals surface area (Å²) < 4.78 is 47.4. The zero-order valence-corrected chi connectivity index (χ0v) is 14.5. The average molecular weight is 388 g/mol. The molecule has 0 fully saturated rings. The molecule has 1 aromatic rings. The van der Waals surface area contributed by atoms with Gasteiger partial charge in [-0.2, -0.15) is 13.2 Å². The van der Waals surface area contributed by atoms with Crippen LogP contribution in [-0.4, -0.2) is 55.3 Å². The molecule has 0 aromatic heterocycles. The Balaban J connectivity index is 2.78. The molecule has 1 N–H and O–H groups in total. The average Bonchev–Trinajstić information content (AvgIpc) is 2.64. The van der Waals surface area contributed by atoms with Gasteiger partial charge in [0.05, 0.1) is 13.7 Å². The van der Waals surface area contributed by atoms with Crippen LogP contribution in [0.3, 0.4) is 0 Å². The number of hydrogen-bond acceptors (Lipinski definition) is 5. The summed E-state index contributed by atoms with van der Waals surface area (Å²) >= 11 is 0. The predicted octanol–water partition coefficient (Wildman–Crippen LogP) is 2.03. The number of nitrogens with one attached hydrogen (secondary N) is 1. The van der Waals surface area contributed by atoms with Gasteiger partial charge in [-0.15, -0.1) is 6.58 Å². The zero-order valence-electron chi connectivity index (χ0n) is 14.5. The minimum absolute atomic E-state index is 0.113. The van der Waals surface area contributed by atoms with Gasteiger partial charge in [-0.05, 0) is 5.56 Å². The quantitative estimate of drug-likeness (QED) is 0.544. The number of nitrogens with zero attached hydrogens (tertiary/aromatic N) is 1. The SMILES string of the molecule is C=CCN(C[C@H](NC(=O)OCc1ccccc1)C(=O)OC)C(=O)C(F)(F)F. The molecule has 27 heavy (non-hydrogen) atoms. The van der Waals surface area contributed by atoms with E-state index >= 15 is 0 Å². The highest BCUT2D eigenvalue weighted by molar-refractivity contribution is 5.85. The van der Waals surface area contributed by atoms with Crippen LogP contribution in [0.5, 0.6) is 0 Å². The molecule has 1 atom stereocenters. The van der Waals surface area contributed by atoms with E-state index in [1.54, 1.807) is 30.3 Å². The predicted molar refractivity (Wildman–Crippen MR) is 88.4 cm³/mol. The van der Waals surface area contributed by atoms with Crippen molar-refractivity contribution in [3.8, 4) is 0 Å². The topological polar surface area (TPSA) is 84.9 Å². The third kappa shape index (κ3) is 7.38. The van der Waals surface area contributed by atoms with Crippen molar-refractivity contribution >= 4 is 18.0 Å². The lowest BCUT2D eigenvalue weighted by Gasteiger charge is -2.26. The molecular weight excluding hydrogens is 369 g/mol. The minimum atomic E-state index is -5.14. The van der Waals surface area contributed by atoms with Crippen LogP contribution in [0.1, 0.15) is 5.56 Å². The number of esters is 1. The van der Waals surface area contributed by atoms with E-state index in [9.17, 15) is 27.6 Å². The van der Waals surface area contributed by atoms with Crippen molar-refractivity contribution in [1.29, 1.82) is 0 Å². The Morgan fingerprint density at radius 3 is 2.41 bits per heavy atom. The molecule has 2 amide bonds. The summed E-state index contributed by atoms with van der Waals surface area (Å²) in [5, 5.41) is 2.10. The lowest BCUT2D eigenvalue weighted by Crippen LogP contribution is -2.52. The number of carbonyl (C=O) groups is 3. The zero-order chi connectivity index (χ0) is 20.4. The number of carbonyl (C=O) groups excluding carboxylic acids is 3. The van der Waals surface area contributed by atoms with Crippen LogP contribution in [-0.2, 0) is 25.7 Å². The van der Waals surface area contributed by atoms with E-state index < -0.39 is 43.3 Å². The Morgan fingerprint density at radius 1 is 1.26 bits per heavy atom. The van der Waals surface area contributed by atoms with Gasteiger partial charge in [0.25, 0.3) is 0 Å². The molecule has 0 bridgehead atoms. The third-order valence-corrected chi connectivity index (χ3v) is 3.27. The lowest BCUT2D eigenvalue weighted by molar-refractivity contribution is -0.185. The molecule has 0 aliphatic heterocycles. The first kappa shape index (κ1) is 22.0. The summed E-state index contributed by atoms with van der Waals surface area (Å²) in [6, 6.07) is 7.05. The summed E-state index contributed by atoms with van der Waals surface area (Å²) in [5.41, 5.74) is 0.669. The highest BCUT2D eigenvalue weighted by Gasteiger charge is 2.43. The monoisotopic (exact) mass is 388 g/mol. The van der Waals surface area contributed by atoms with Crippen LogP contribution in [0.2, 0.25) is 0 Å². The van der Waals surface area contributed by atoms with Crippen molar-refractivity contribution in [2.45, 2.75) is 18.8 Å². The van der Waals surface area contributed by atoms with Gasteiger partial charge in [-0.3, -0.25) is 4.79 Å². The van der Waals surface area contributed by atoms with E-state index in [-0.39, 0.29) is 6.61 Å². The van der Waals surface area contributed by atoms with Crippen molar-refractivity contribution in [1.82, 2.24) is 10.2 Å². The van der Waals surface area contributed by atoms with Crippen molar-refractivity contribution in [3.05, 3.63) is 48.6 Å². The van der Waals surface area contributed by atoms with Gasteiger partial charge < -0.3 is 19.7 Å². The second-order valence-electron chi connectivity index (χ2n) is 5.28. The summed E-state index contributed by atoms with van der Waals surface area (Å²) in [6.07, 6.45) is -5.13. The molecule has 0 saturated heterocycles. The molecule has 0 heterocycles. The number of alkyl halides is 3.